The van der Waals surface area contributed by atoms with E-state index in [4.69, 9.17) is 11.6 Å². The second-order valence-corrected chi connectivity index (χ2v) is 4.36. The molecular weight excluding hydrogens is 222 g/mol. The summed E-state index contributed by atoms with van der Waals surface area (Å²) in [7, 11) is 2.04. The number of carbonyl (C=O) groups excluding carboxylic acids is 1. The van der Waals surface area contributed by atoms with Crippen molar-refractivity contribution in [2.24, 2.45) is 0 Å². The molecule has 0 aliphatic heterocycles. The lowest BCUT2D eigenvalue weighted by atomic mass is 10.2. The number of halogens is 1. The summed E-state index contributed by atoms with van der Waals surface area (Å²) in [5, 5.41) is 0.523. The highest BCUT2D eigenvalue weighted by Gasteiger charge is 2.04. The van der Waals surface area contributed by atoms with Crippen LogP contribution in [-0.2, 0) is 0 Å². The number of unbranched alkanes of at least 4 members (excludes halogenated alkanes) is 2. The number of nitrogens with zero attached hydrogens (tertiary/aromatic N) is 1. The first-order chi connectivity index (χ1) is 7.69. The first kappa shape index (κ1) is 13.0. The highest BCUT2D eigenvalue weighted by atomic mass is 35.5. The maximum absolute atomic E-state index is 10.6. The molecule has 0 aromatic heterocycles. The maximum Gasteiger partial charge on any atom is 0.151 e. The average molecular weight is 240 g/mol. The van der Waals surface area contributed by atoms with E-state index in [1.54, 1.807) is 6.07 Å². The van der Waals surface area contributed by atoms with E-state index >= 15 is 0 Å². The van der Waals surface area contributed by atoms with Gasteiger partial charge in [-0.15, -0.1) is 0 Å². The zero-order chi connectivity index (χ0) is 12.0. The molecule has 0 aliphatic carbocycles. The van der Waals surface area contributed by atoms with Gasteiger partial charge >= 0.3 is 0 Å². The van der Waals surface area contributed by atoms with Gasteiger partial charge in [-0.3, -0.25) is 4.79 Å². The van der Waals surface area contributed by atoms with Crippen molar-refractivity contribution in [1.82, 2.24) is 0 Å². The Morgan fingerprint density at radius 3 is 2.69 bits per heavy atom. The second kappa shape index (κ2) is 6.54. The SMILES string of the molecule is CCCCCN(C)c1ccc(C=O)c(Cl)c1. The van der Waals surface area contributed by atoms with Gasteiger partial charge in [-0.25, -0.2) is 0 Å². The Labute approximate surface area is 102 Å². The first-order valence-electron chi connectivity index (χ1n) is 5.65. The molecule has 16 heavy (non-hydrogen) atoms. The van der Waals surface area contributed by atoms with Crippen LogP contribution in [0.5, 0.6) is 0 Å². The Kier molecular flexibility index (Phi) is 5.33. The summed E-state index contributed by atoms with van der Waals surface area (Å²) in [4.78, 5) is 12.8. The number of carbonyl (C=O) groups is 1. The summed E-state index contributed by atoms with van der Waals surface area (Å²) < 4.78 is 0. The van der Waals surface area contributed by atoms with Gasteiger partial charge in [-0.2, -0.15) is 0 Å². The summed E-state index contributed by atoms with van der Waals surface area (Å²) in [5.74, 6) is 0. The highest BCUT2D eigenvalue weighted by Crippen LogP contribution is 2.22. The lowest BCUT2D eigenvalue weighted by molar-refractivity contribution is 0.112. The van der Waals surface area contributed by atoms with Crippen molar-refractivity contribution < 1.29 is 4.79 Å². The molecule has 0 N–H and O–H groups in total. The normalized spacial score (nSPS) is 10.2. The van der Waals surface area contributed by atoms with Crippen molar-refractivity contribution in [3.05, 3.63) is 28.8 Å². The van der Waals surface area contributed by atoms with Crippen LogP contribution in [0.4, 0.5) is 5.69 Å². The molecule has 1 aromatic rings. The van der Waals surface area contributed by atoms with Crippen LogP contribution in [0.25, 0.3) is 0 Å². The Morgan fingerprint density at radius 2 is 2.12 bits per heavy atom. The number of aldehydes is 1. The minimum atomic E-state index is 0.523. The summed E-state index contributed by atoms with van der Waals surface area (Å²) in [6, 6.07) is 5.54. The molecule has 3 heteroatoms. The lowest BCUT2D eigenvalue weighted by Crippen LogP contribution is -2.18. The minimum Gasteiger partial charge on any atom is -0.375 e. The van der Waals surface area contributed by atoms with E-state index in [1.807, 2.05) is 19.2 Å². The predicted molar refractivity (Wildman–Crippen MR) is 69.6 cm³/mol. The molecule has 88 valence electrons. The van der Waals surface area contributed by atoms with Gasteiger partial charge in [0.15, 0.2) is 6.29 Å². The summed E-state index contributed by atoms with van der Waals surface area (Å²) in [6.07, 6.45) is 4.42. The van der Waals surface area contributed by atoms with Crippen molar-refractivity contribution >= 4 is 23.6 Å². The average Bonchev–Trinajstić information content (AvgIpc) is 2.29. The third-order valence-electron chi connectivity index (χ3n) is 2.65. The van der Waals surface area contributed by atoms with Crippen molar-refractivity contribution in [2.45, 2.75) is 26.2 Å². The zero-order valence-corrected chi connectivity index (χ0v) is 10.6. The molecule has 0 aliphatic rings. The molecule has 0 atom stereocenters. The van der Waals surface area contributed by atoms with Crippen LogP contribution >= 0.6 is 11.6 Å². The molecule has 1 aromatic carbocycles. The first-order valence-corrected chi connectivity index (χ1v) is 6.02. The molecule has 0 heterocycles. The molecule has 0 amide bonds. The molecule has 0 saturated heterocycles. The standard InChI is InChI=1S/C13H18ClNO/c1-3-4-5-8-15(2)12-7-6-11(10-16)13(14)9-12/h6-7,9-10H,3-5,8H2,1-2H3. The van der Waals surface area contributed by atoms with Crippen molar-refractivity contribution in [3.8, 4) is 0 Å². The monoisotopic (exact) mass is 239 g/mol. The molecule has 0 radical (unpaired) electrons. The van der Waals surface area contributed by atoms with Gasteiger partial charge in [0.2, 0.25) is 0 Å². The second-order valence-electron chi connectivity index (χ2n) is 3.95. The largest absolute Gasteiger partial charge is 0.375 e. The van der Waals surface area contributed by atoms with Crippen LogP contribution in [0, 0.1) is 0 Å². The van der Waals surface area contributed by atoms with Gasteiger partial charge in [0.25, 0.3) is 0 Å². The molecule has 0 bridgehead atoms. The summed E-state index contributed by atoms with van der Waals surface area (Å²) in [5.41, 5.74) is 1.61. The van der Waals surface area contributed by atoms with E-state index < -0.39 is 0 Å². The molecule has 0 saturated carbocycles. The van der Waals surface area contributed by atoms with Crippen molar-refractivity contribution in [2.75, 3.05) is 18.5 Å². The fourth-order valence-electron chi connectivity index (χ4n) is 1.58. The molecule has 2 nitrogen and oxygen atoms in total. The minimum absolute atomic E-state index is 0.523. The van der Waals surface area contributed by atoms with Gasteiger partial charge in [0.1, 0.15) is 0 Å². The smallest absolute Gasteiger partial charge is 0.151 e. The Bertz CT molecular complexity index is 352. The zero-order valence-electron chi connectivity index (χ0n) is 9.87. The molecule has 0 spiro atoms. The third-order valence-corrected chi connectivity index (χ3v) is 2.98. The van der Waals surface area contributed by atoms with Crippen LogP contribution in [0.1, 0.15) is 36.5 Å². The van der Waals surface area contributed by atoms with Gasteiger partial charge in [-0.1, -0.05) is 31.4 Å². The van der Waals surface area contributed by atoms with Gasteiger partial charge in [0, 0.05) is 24.8 Å². The fraction of sp³-hybridized carbons (Fsp3) is 0.462. The third kappa shape index (κ3) is 3.53. The number of rotatable bonds is 6. The van der Waals surface area contributed by atoms with E-state index in [0.717, 1.165) is 18.5 Å². The van der Waals surface area contributed by atoms with Gasteiger partial charge in [0.05, 0.1) is 5.02 Å². The van der Waals surface area contributed by atoms with Crippen molar-refractivity contribution in [3.63, 3.8) is 0 Å². The van der Waals surface area contributed by atoms with E-state index in [0.29, 0.717) is 10.6 Å². The topological polar surface area (TPSA) is 20.3 Å². The highest BCUT2D eigenvalue weighted by molar-refractivity contribution is 6.33. The van der Waals surface area contributed by atoms with E-state index in [1.165, 1.54) is 19.3 Å². The fourth-order valence-corrected chi connectivity index (χ4v) is 1.80. The Balaban J connectivity index is 2.65. The van der Waals surface area contributed by atoms with E-state index in [-0.39, 0.29) is 0 Å². The summed E-state index contributed by atoms with van der Waals surface area (Å²) >= 11 is 5.98. The maximum atomic E-state index is 10.6. The number of anilines is 1. The lowest BCUT2D eigenvalue weighted by Gasteiger charge is -2.19. The Hall–Kier alpha value is -1.02. The van der Waals surface area contributed by atoms with Gasteiger partial charge < -0.3 is 4.90 Å². The molecule has 0 fully saturated rings. The van der Waals surface area contributed by atoms with E-state index in [2.05, 4.69) is 11.8 Å². The summed E-state index contributed by atoms with van der Waals surface area (Å²) in [6.45, 7) is 3.21. The Morgan fingerprint density at radius 1 is 1.38 bits per heavy atom. The molecular formula is C13H18ClNO. The van der Waals surface area contributed by atoms with Crippen LogP contribution in [-0.4, -0.2) is 19.9 Å². The predicted octanol–water partition coefficient (Wildman–Crippen LogP) is 3.78. The van der Waals surface area contributed by atoms with Crippen LogP contribution < -0.4 is 4.90 Å². The van der Waals surface area contributed by atoms with Crippen LogP contribution in [0.2, 0.25) is 5.02 Å². The number of hydrogen-bond donors (Lipinski definition) is 0. The number of benzene rings is 1. The molecule has 0 unspecified atom stereocenters. The van der Waals surface area contributed by atoms with Crippen molar-refractivity contribution in [1.29, 1.82) is 0 Å². The molecule has 1 rings (SSSR count). The number of hydrogen-bond acceptors (Lipinski definition) is 2. The van der Waals surface area contributed by atoms with Gasteiger partial charge in [-0.05, 0) is 24.6 Å². The van der Waals surface area contributed by atoms with Crippen LogP contribution in [0.3, 0.4) is 0 Å². The van der Waals surface area contributed by atoms with E-state index in [9.17, 15) is 4.79 Å². The van der Waals surface area contributed by atoms with Crippen LogP contribution in [0.15, 0.2) is 18.2 Å². The quantitative estimate of drug-likeness (QED) is 0.556.